The minimum atomic E-state index is -2.26. The number of aryl methyl sites for hydroxylation is 5. The van der Waals surface area contributed by atoms with Crippen LogP contribution in [0.15, 0.2) is 0 Å². The number of nitro groups is 2. The van der Waals surface area contributed by atoms with Gasteiger partial charge in [-0.1, -0.05) is 35.8 Å². The summed E-state index contributed by atoms with van der Waals surface area (Å²) in [4.78, 5) is 60.8. The van der Waals surface area contributed by atoms with Crippen LogP contribution in [0, 0.1) is 60.3 Å². The Kier molecular flexibility index (Phi) is 32.9. The summed E-state index contributed by atoms with van der Waals surface area (Å²) in [5.41, 5.74) is 28.4. The van der Waals surface area contributed by atoms with Gasteiger partial charge in [-0.05, 0) is 130 Å². The number of nitrogens with two attached hydrogens (primary N) is 5. The number of halogens is 2. The van der Waals surface area contributed by atoms with Gasteiger partial charge >= 0.3 is 11.4 Å². The van der Waals surface area contributed by atoms with E-state index in [2.05, 4.69) is 76.5 Å². The summed E-state index contributed by atoms with van der Waals surface area (Å²) in [5.74, 6) is 0.203. The first-order valence-corrected chi connectivity index (χ1v) is 40.2. The van der Waals surface area contributed by atoms with Crippen LogP contribution >= 0.6 is 23.2 Å². The molecular formula is C72H113Cl2N23O26S. The minimum absolute atomic E-state index is 0. The van der Waals surface area contributed by atoms with Gasteiger partial charge in [-0.15, -0.1) is 5.10 Å². The van der Waals surface area contributed by atoms with E-state index in [9.17, 15) is 50.0 Å². The van der Waals surface area contributed by atoms with Gasteiger partial charge in [0.25, 0.3) is 11.8 Å². The molecule has 16 rings (SSSR count). The van der Waals surface area contributed by atoms with Crippen LogP contribution in [0.2, 0.25) is 10.3 Å². The van der Waals surface area contributed by atoms with Gasteiger partial charge in [0.2, 0.25) is 44.9 Å². The molecule has 49 nitrogen and oxygen atoms in total. The Morgan fingerprint density at radius 1 is 0.468 bits per heavy atom. The van der Waals surface area contributed by atoms with Gasteiger partial charge in [0.1, 0.15) is 102 Å². The van der Waals surface area contributed by atoms with Crippen LogP contribution in [0.3, 0.4) is 0 Å². The molecule has 5 aliphatic carbocycles. The minimum Gasteiger partial charge on any atom is -0.479 e. The summed E-state index contributed by atoms with van der Waals surface area (Å²) in [5, 5.41) is 91.6. The molecule has 0 amide bonds. The molecule has 52 heteroatoms. The Morgan fingerprint density at radius 2 is 0.774 bits per heavy atom. The number of ether oxygens (including phenoxy) is 15. The van der Waals surface area contributed by atoms with Crippen molar-refractivity contribution in [1.82, 2.24) is 64.8 Å². The standard InChI is InChI=1S/C14H19N5O4.C14H20N4O6.C14H22N4O4.2C8H15NO3.C6H6ClN3O3.C6H8ClN3O.CH4N2O2S.CH4/c1-6-15-12-9(13(16-6)21-4)17-18-19(12)7-5-8(20)11-10(7)22-14(2,3)23-11;1-6-15-12(9(18(20)21)13(16-6)22-4)17-7-5-8(19)11-10(7)23-14(2,3)24-11;1-6-16-12(9(15)13(17-6)20-4)18-7-5-8(19)11-10(7)21-14(2,3)22-11;2*1-8(2)11-6-4(9)3-5(10)7(6)12-8;1-3-8-5(7)4(10(11)12)6(9-3)13-2;1-3-9-5(7)4(8)6(10-3)11-2;2-1(3)6(4)5;/h7-8,10-11,20H,5H2,1-4H3;7-8,10-11,19H,5H2,1-4H3,(H,15,16,17);7-8,10-11,19H,5,15H2,1-4H3,(H,16,17,18);2*4-7,10H,3,9H2,1-2H3;1-2H3;8H2,1-2H3;(H3,2,3)(H,4,5);1H4/t3*7-,8+,10+,11-;2*4-,5+,6+,7-;;;;/m11111..../s1. The van der Waals surface area contributed by atoms with Crippen molar-refractivity contribution in [2.24, 2.45) is 17.2 Å². The van der Waals surface area contributed by atoms with Crippen molar-refractivity contribution in [3.05, 3.63) is 59.7 Å². The zero-order valence-electron chi connectivity index (χ0n) is 71.2. The maximum Gasteiger partial charge on any atom is 0.372 e. The highest BCUT2D eigenvalue weighted by Crippen LogP contribution is 2.47. The molecule has 0 aromatic carbocycles. The van der Waals surface area contributed by atoms with E-state index in [0.29, 0.717) is 102 Å². The summed E-state index contributed by atoms with van der Waals surface area (Å²) in [6.45, 7) is 26.7. The lowest BCUT2D eigenvalue weighted by molar-refractivity contribution is -0.386. The third kappa shape index (κ3) is 23.9. The molecule has 10 aliphatic rings. The fourth-order valence-corrected chi connectivity index (χ4v) is 15.7. The second-order valence-electron chi connectivity index (χ2n) is 31.8. The Bertz CT molecular complexity index is 4680. The number of hydrogen-bond donors (Lipinski definition) is 14. The van der Waals surface area contributed by atoms with E-state index < -0.39 is 103 Å². The second kappa shape index (κ2) is 40.5. The molecule has 5 saturated carbocycles. The molecule has 0 bridgehead atoms. The van der Waals surface area contributed by atoms with Gasteiger partial charge in [0.05, 0.1) is 94.0 Å². The van der Waals surface area contributed by atoms with Gasteiger partial charge in [-0.25, -0.2) is 33.8 Å². The van der Waals surface area contributed by atoms with Crippen LogP contribution in [0.1, 0.15) is 144 Å². The largest absolute Gasteiger partial charge is 0.479 e. The zero-order valence-corrected chi connectivity index (χ0v) is 73.5. The van der Waals surface area contributed by atoms with Gasteiger partial charge in [0.15, 0.2) is 51.1 Å². The first-order valence-electron chi connectivity index (χ1n) is 38.4. The number of aliphatic hydroxyl groups is 5. The van der Waals surface area contributed by atoms with E-state index in [-0.39, 0.29) is 126 Å². The van der Waals surface area contributed by atoms with Gasteiger partial charge in [0, 0.05) is 18.5 Å². The number of aromatic nitrogens is 13. The van der Waals surface area contributed by atoms with Crippen LogP contribution < -0.4 is 63.0 Å². The average Bonchev–Trinajstić information content (AvgIpc) is 1.63. The number of methoxy groups -OCH3 is 5. The van der Waals surface area contributed by atoms with E-state index in [0.717, 1.165) is 0 Å². The quantitative estimate of drug-likeness (QED) is 0.0209. The molecule has 0 radical (unpaired) electrons. The monoisotopic (exact) mass is 1820 g/mol. The number of aliphatic hydroxyl groups excluding tert-OH is 5. The molecule has 124 heavy (non-hydrogen) atoms. The van der Waals surface area contributed by atoms with Gasteiger partial charge in [-0.2, -0.15) is 24.9 Å². The molecule has 5 aliphatic heterocycles. The SMILES string of the molecule is C.CC1(C)O[C@@H]2[C@H](O1)[C@@H](O)C[C@H]2N.CC1(C)O[C@@H]2[C@H](O1)[C@@H](O)C[C@H]2N.COc1nc(C)nc(Cl)c1N.COc1nc(C)nc(Cl)c1[N+](=O)[O-].COc1nc(C)nc(N[C@@H]2C[C@H](O)[C@H]3OC(C)(C)O[C@H]32)c1N.COc1nc(C)nc(N[C@@H]2C[C@H](O)[C@H]3OC(C)(C)O[C@H]32)c1[N+](=O)[O-].COc1nc(C)nc2c1nnn2[C@@H]1C[C@H](O)[C@H]2OC(C)(C)O[C@H]21.N=C(N)S(=O)O. The van der Waals surface area contributed by atoms with E-state index in [4.69, 9.17) is 127 Å². The average molecular weight is 1820 g/mol. The summed E-state index contributed by atoms with van der Waals surface area (Å²) >= 11 is 8.92. The third-order valence-electron chi connectivity index (χ3n) is 20.0. The molecule has 6 aromatic rings. The summed E-state index contributed by atoms with van der Waals surface area (Å²) in [6.07, 6.45) is -3.33. The first kappa shape index (κ1) is 101. The van der Waals surface area contributed by atoms with E-state index >= 15 is 0 Å². The van der Waals surface area contributed by atoms with E-state index in [1.165, 1.54) is 35.5 Å². The van der Waals surface area contributed by atoms with Crippen LogP contribution in [-0.2, 0) is 58.4 Å². The molecule has 6 aromatic heterocycles. The Hall–Kier alpha value is -8.72. The second-order valence-corrected chi connectivity index (χ2v) is 33.4. The molecule has 11 heterocycles. The Labute approximate surface area is 725 Å². The van der Waals surface area contributed by atoms with Crippen molar-refractivity contribution in [3.8, 4) is 29.4 Å². The Balaban J connectivity index is 0.000000181. The summed E-state index contributed by atoms with van der Waals surface area (Å²) < 4.78 is 101. The van der Waals surface area contributed by atoms with E-state index in [1.807, 2.05) is 55.4 Å². The van der Waals surface area contributed by atoms with Crippen LogP contribution in [0.5, 0.6) is 29.4 Å². The fraction of sp³-hybridized carbons (Fsp3) is 0.708. The van der Waals surface area contributed by atoms with Crippen molar-refractivity contribution >= 4 is 85.0 Å². The Morgan fingerprint density at radius 3 is 1.18 bits per heavy atom. The smallest absolute Gasteiger partial charge is 0.372 e. The molecule has 1 unspecified atom stereocenters. The normalized spacial score (nSPS) is 30.2. The van der Waals surface area contributed by atoms with Crippen molar-refractivity contribution in [2.75, 3.05) is 57.6 Å². The molecule has 692 valence electrons. The third-order valence-corrected chi connectivity index (χ3v) is 20.9. The number of nitrogens with zero attached hydrogens (tertiary/aromatic N) is 15. The van der Waals surface area contributed by atoms with Crippen molar-refractivity contribution < 1.29 is 115 Å². The van der Waals surface area contributed by atoms with Gasteiger partial charge < -0.3 is 136 Å². The first-order chi connectivity index (χ1) is 57.2. The van der Waals surface area contributed by atoms with E-state index in [1.54, 1.807) is 53.1 Å². The lowest BCUT2D eigenvalue weighted by Crippen LogP contribution is -2.35. The number of amidine groups is 1. The van der Waals surface area contributed by atoms with Crippen LogP contribution in [0.4, 0.5) is 34.4 Å². The number of rotatable bonds is 12. The maximum atomic E-state index is 11.4. The lowest BCUT2D eigenvalue weighted by atomic mass is 10.2. The zero-order chi connectivity index (χ0) is 91.5. The van der Waals surface area contributed by atoms with Crippen LogP contribution in [0.25, 0.3) is 11.2 Å². The van der Waals surface area contributed by atoms with Gasteiger partial charge in [-0.3, -0.25) is 30.2 Å². The molecule has 5 saturated heterocycles. The highest BCUT2D eigenvalue weighted by atomic mass is 35.5. The topological polar surface area (TPSA) is 701 Å². The van der Waals surface area contributed by atoms with Crippen molar-refractivity contribution in [2.45, 2.75) is 294 Å². The number of hydrogen-bond acceptors (Lipinski definition) is 44. The molecule has 19 N–H and O–H groups in total. The highest BCUT2D eigenvalue weighted by Gasteiger charge is 2.59. The van der Waals surface area contributed by atoms with Crippen molar-refractivity contribution in [1.29, 1.82) is 5.41 Å². The predicted octanol–water partition coefficient (Wildman–Crippen LogP) is 2.89. The number of anilines is 4. The molecule has 0 spiro atoms. The lowest BCUT2D eigenvalue weighted by Gasteiger charge is -2.24. The number of nitrogens with one attached hydrogen (secondary N) is 3. The predicted molar refractivity (Wildman–Crippen MR) is 441 cm³/mol. The molecule has 10 fully saturated rings. The maximum absolute atomic E-state index is 11.4. The van der Waals surface area contributed by atoms with Crippen molar-refractivity contribution in [3.63, 3.8) is 0 Å². The summed E-state index contributed by atoms with van der Waals surface area (Å²) in [6, 6.07) is -0.924. The summed E-state index contributed by atoms with van der Waals surface area (Å²) in [7, 11) is 7.11. The highest BCUT2D eigenvalue weighted by molar-refractivity contribution is 7.95. The molecule has 21 atom stereocenters. The number of nitrogen functional groups attached to an aromatic ring is 2. The van der Waals surface area contributed by atoms with Crippen LogP contribution in [-0.4, -0.2) is 294 Å². The fourth-order valence-electron chi connectivity index (χ4n) is 15.2. The number of fused-ring (bicyclic) bond motifs is 6. The molecular weight excluding hydrogens is 1710 g/mol.